The molecule has 1 saturated heterocycles. The third-order valence-corrected chi connectivity index (χ3v) is 4.43. The van der Waals surface area contributed by atoms with Crippen LogP contribution in [0.2, 0.25) is 0 Å². The Balaban J connectivity index is 2.10. The van der Waals surface area contributed by atoms with E-state index in [9.17, 15) is 0 Å². The van der Waals surface area contributed by atoms with Gasteiger partial charge >= 0.3 is 0 Å². The quantitative estimate of drug-likeness (QED) is 0.691. The van der Waals surface area contributed by atoms with Gasteiger partial charge in [0.25, 0.3) is 0 Å². The van der Waals surface area contributed by atoms with E-state index in [2.05, 4.69) is 29.8 Å². The normalized spacial score (nSPS) is 22.2. The number of alkyl halides is 1. The van der Waals surface area contributed by atoms with E-state index in [1.807, 2.05) is 0 Å². The molecule has 1 rings (SSSR count). The highest BCUT2D eigenvalue weighted by atomic mass is 79.9. The summed E-state index contributed by atoms with van der Waals surface area (Å²) in [6.07, 6.45) is 5.25. The monoisotopic (exact) mass is 248 g/mol. The molecule has 1 atom stereocenters. The Morgan fingerprint density at radius 3 is 2.46 bits per heavy atom. The average Bonchev–Trinajstić information content (AvgIpc) is 2.15. The Morgan fingerprint density at radius 2 is 1.92 bits per heavy atom. The number of rotatable bonds is 4. The van der Waals surface area contributed by atoms with Crippen LogP contribution in [0.25, 0.3) is 0 Å². The van der Waals surface area contributed by atoms with E-state index < -0.39 is 0 Å². The van der Waals surface area contributed by atoms with Gasteiger partial charge in [-0.1, -0.05) is 29.8 Å². The van der Waals surface area contributed by atoms with E-state index >= 15 is 0 Å². The second-order valence-electron chi connectivity index (χ2n) is 4.39. The molecule has 78 valence electrons. The fourth-order valence-electron chi connectivity index (χ4n) is 1.76. The Hall–Kier alpha value is 0.440. The largest absolute Gasteiger partial charge is 0.381 e. The first-order chi connectivity index (χ1) is 6.20. The van der Waals surface area contributed by atoms with Crippen LogP contribution in [0.1, 0.15) is 39.5 Å². The van der Waals surface area contributed by atoms with E-state index in [1.165, 1.54) is 25.7 Å². The molecule has 0 saturated carbocycles. The Morgan fingerprint density at radius 1 is 1.31 bits per heavy atom. The van der Waals surface area contributed by atoms with Gasteiger partial charge in [-0.25, -0.2) is 0 Å². The highest BCUT2D eigenvalue weighted by molar-refractivity contribution is 9.09. The van der Waals surface area contributed by atoms with E-state index in [-0.39, 0.29) is 0 Å². The molecule has 0 aromatic carbocycles. The van der Waals surface area contributed by atoms with Crippen molar-refractivity contribution in [3.63, 3.8) is 0 Å². The van der Waals surface area contributed by atoms with Crippen LogP contribution in [0.15, 0.2) is 0 Å². The first-order valence-corrected chi connectivity index (χ1v) is 6.33. The van der Waals surface area contributed by atoms with Gasteiger partial charge in [0, 0.05) is 18.0 Å². The summed E-state index contributed by atoms with van der Waals surface area (Å²) in [5.74, 6) is 1.69. The molecule has 2 heteroatoms. The molecule has 0 aliphatic carbocycles. The second-order valence-corrected chi connectivity index (χ2v) is 5.57. The van der Waals surface area contributed by atoms with Crippen LogP contribution in [-0.2, 0) is 4.74 Å². The summed E-state index contributed by atoms with van der Waals surface area (Å²) in [4.78, 5) is 0.704. The lowest BCUT2D eigenvalue weighted by Crippen LogP contribution is -2.17. The molecule has 1 nitrogen and oxygen atoms in total. The maximum absolute atomic E-state index is 5.34. The third-order valence-electron chi connectivity index (χ3n) is 2.91. The zero-order chi connectivity index (χ0) is 9.68. The SMILES string of the molecule is CC(C)C(Br)CCC1CCOCC1. The third kappa shape index (κ3) is 4.46. The van der Waals surface area contributed by atoms with Gasteiger partial charge in [0.1, 0.15) is 0 Å². The minimum Gasteiger partial charge on any atom is -0.381 e. The van der Waals surface area contributed by atoms with Crippen LogP contribution in [0.5, 0.6) is 0 Å². The van der Waals surface area contributed by atoms with Crippen molar-refractivity contribution in [1.29, 1.82) is 0 Å². The van der Waals surface area contributed by atoms with Crippen LogP contribution in [0.3, 0.4) is 0 Å². The molecule has 0 radical (unpaired) electrons. The summed E-state index contributed by atoms with van der Waals surface area (Å²) in [5.41, 5.74) is 0. The standard InChI is InChI=1S/C11H21BrO/c1-9(2)11(12)4-3-10-5-7-13-8-6-10/h9-11H,3-8H2,1-2H3. The van der Waals surface area contributed by atoms with Crippen LogP contribution >= 0.6 is 15.9 Å². The highest BCUT2D eigenvalue weighted by Gasteiger charge is 2.16. The lowest BCUT2D eigenvalue weighted by atomic mass is 9.92. The van der Waals surface area contributed by atoms with Gasteiger partial charge in [-0.3, -0.25) is 0 Å². The summed E-state index contributed by atoms with van der Waals surface area (Å²) in [7, 11) is 0. The summed E-state index contributed by atoms with van der Waals surface area (Å²) < 4.78 is 5.34. The summed E-state index contributed by atoms with van der Waals surface area (Å²) >= 11 is 3.74. The topological polar surface area (TPSA) is 9.23 Å². The molecule has 1 heterocycles. The second kappa shape index (κ2) is 6.02. The Labute approximate surface area is 90.4 Å². The van der Waals surface area contributed by atoms with Crippen molar-refractivity contribution in [1.82, 2.24) is 0 Å². The zero-order valence-corrected chi connectivity index (χ0v) is 10.3. The average molecular weight is 249 g/mol. The van der Waals surface area contributed by atoms with Gasteiger partial charge in [-0.2, -0.15) is 0 Å². The predicted molar refractivity (Wildman–Crippen MR) is 60.3 cm³/mol. The smallest absolute Gasteiger partial charge is 0.0468 e. The van der Waals surface area contributed by atoms with Crippen LogP contribution in [-0.4, -0.2) is 18.0 Å². The van der Waals surface area contributed by atoms with Crippen molar-refractivity contribution < 1.29 is 4.74 Å². The molecule has 13 heavy (non-hydrogen) atoms. The molecule has 0 aromatic heterocycles. The highest BCUT2D eigenvalue weighted by Crippen LogP contribution is 2.25. The number of ether oxygens (including phenoxy) is 1. The van der Waals surface area contributed by atoms with Gasteiger partial charge in [-0.15, -0.1) is 0 Å². The van der Waals surface area contributed by atoms with Gasteiger partial charge < -0.3 is 4.74 Å². The molecule has 1 aliphatic heterocycles. The van der Waals surface area contributed by atoms with Gasteiger partial charge in [-0.05, 0) is 37.5 Å². The van der Waals surface area contributed by atoms with Gasteiger partial charge in [0.05, 0.1) is 0 Å². The van der Waals surface area contributed by atoms with Gasteiger partial charge in [0.15, 0.2) is 0 Å². The molecule has 1 fully saturated rings. The van der Waals surface area contributed by atoms with Crippen molar-refractivity contribution in [2.75, 3.05) is 13.2 Å². The van der Waals surface area contributed by atoms with Crippen molar-refractivity contribution in [3.05, 3.63) is 0 Å². The zero-order valence-electron chi connectivity index (χ0n) is 8.76. The van der Waals surface area contributed by atoms with Gasteiger partial charge in [0.2, 0.25) is 0 Å². The van der Waals surface area contributed by atoms with Crippen LogP contribution in [0, 0.1) is 11.8 Å². The van der Waals surface area contributed by atoms with E-state index in [1.54, 1.807) is 0 Å². The van der Waals surface area contributed by atoms with E-state index in [4.69, 9.17) is 4.74 Å². The molecule has 1 aliphatic rings. The molecule has 0 aromatic rings. The Bertz CT molecular complexity index is 130. The van der Waals surface area contributed by atoms with E-state index in [0.29, 0.717) is 4.83 Å². The molecule has 0 N–H and O–H groups in total. The first-order valence-electron chi connectivity index (χ1n) is 5.42. The molecule has 0 bridgehead atoms. The fraction of sp³-hybridized carbons (Fsp3) is 1.00. The Kier molecular flexibility index (Phi) is 5.34. The minimum absolute atomic E-state index is 0.704. The number of halogens is 1. The summed E-state index contributed by atoms with van der Waals surface area (Å²) in [6, 6.07) is 0. The molecular formula is C11H21BrO. The van der Waals surface area contributed by atoms with Crippen LogP contribution in [0.4, 0.5) is 0 Å². The van der Waals surface area contributed by atoms with Crippen molar-refractivity contribution >= 4 is 15.9 Å². The van der Waals surface area contributed by atoms with Crippen LogP contribution < -0.4 is 0 Å². The number of hydrogen-bond acceptors (Lipinski definition) is 1. The molecule has 0 amide bonds. The number of hydrogen-bond donors (Lipinski definition) is 0. The molecule has 1 unspecified atom stereocenters. The lowest BCUT2D eigenvalue weighted by Gasteiger charge is -2.23. The first kappa shape index (κ1) is 11.5. The molecule has 0 spiro atoms. The lowest BCUT2D eigenvalue weighted by molar-refractivity contribution is 0.0631. The van der Waals surface area contributed by atoms with Crippen molar-refractivity contribution in [2.45, 2.75) is 44.4 Å². The predicted octanol–water partition coefficient (Wildman–Crippen LogP) is 3.61. The molecular weight excluding hydrogens is 228 g/mol. The van der Waals surface area contributed by atoms with Crippen molar-refractivity contribution in [3.8, 4) is 0 Å². The van der Waals surface area contributed by atoms with E-state index in [0.717, 1.165) is 25.0 Å². The minimum atomic E-state index is 0.704. The van der Waals surface area contributed by atoms with Crippen molar-refractivity contribution in [2.24, 2.45) is 11.8 Å². The fourth-order valence-corrected chi connectivity index (χ4v) is 2.03. The maximum atomic E-state index is 5.34. The summed E-state index contributed by atoms with van der Waals surface area (Å²) in [6.45, 7) is 6.53. The maximum Gasteiger partial charge on any atom is 0.0468 e. The summed E-state index contributed by atoms with van der Waals surface area (Å²) in [5, 5.41) is 0.